The van der Waals surface area contributed by atoms with E-state index in [9.17, 15) is 8.42 Å². The zero-order chi connectivity index (χ0) is 14.9. The molecule has 0 amide bonds. The lowest BCUT2D eigenvalue weighted by Crippen LogP contribution is -2.09. The number of aromatic nitrogens is 1. The Bertz CT molecular complexity index is 759. The second-order valence-electron chi connectivity index (χ2n) is 4.50. The molecule has 2 N–H and O–H groups in total. The minimum Gasteiger partial charge on any atom is -0.454 e. The molecule has 0 saturated carbocycles. The van der Waals surface area contributed by atoms with Gasteiger partial charge in [-0.2, -0.15) is 0 Å². The van der Waals surface area contributed by atoms with E-state index in [1.54, 1.807) is 12.1 Å². The van der Waals surface area contributed by atoms with Crippen molar-refractivity contribution >= 4 is 27.2 Å². The molecule has 21 heavy (non-hydrogen) atoms. The molecular weight excluding hydrogens is 294 g/mol. The lowest BCUT2D eigenvalue weighted by molar-refractivity contribution is 0.174. The van der Waals surface area contributed by atoms with Gasteiger partial charge in [0, 0.05) is 11.8 Å². The third-order valence-electron chi connectivity index (χ3n) is 2.71. The van der Waals surface area contributed by atoms with E-state index in [-0.39, 0.29) is 6.79 Å². The van der Waals surface area contributed by atoms with E-state index in [1.807, 2.05) is 18.2 Å². The highest BCUT2D eigenvalue weighted by Gasteiger charge is 2.13. The average molecular weight is 307 g/mol. The number of rotatable bonds is 4. The molecule has 7 nitrogen and oxygen atoms in total. The Morgan fingerprint density at radius 1 is 1.10 bits per heavy atom. The number of anilines is 3. The summed E-state index contributed by atoms with van der Waals surface area (Å²) in [6, 6.07) is 8.77. The second kappa shape index (κ2) is 5.13. The van der Waals surface area contributed by atoms with Crippen molar-refractivity contribution in [1.29, 1.82) is 0 Å². The molecule has 1 aliphatic heterocycles. The number of pyridine rings is 1. The van der Waals surface area contributed by atoms with Gasteiger partial charge in [0.1, 0.15) is 5.82 Å². The molecule has 0 atom stereocenters. The van der Waals surface area contributed by atoms with Gasteiger partial charge in [-0.1, -0.05) is 0 Å². The minimum atomic E-state index is -3.30. The molecular formula is C13H13N3O4S. The highest BCUT2D eigenvalue weighted by Crippen LogP contribution is 2.34. The van der Waals surface area contributed by atoms with Gasteiger partial charge in [-0.3, -0.25) is 4.72 Å². The summed E-state index contributed by atoms with van der Waals surface area (Å²) in [6.07, 6.45) is 2.53. The summed E-state index contributed by atoms with van der Waals surface area (Å²) in [5, 5.41) is 3.10. The maximum atomic E-state index is 11.1. The predicted molar refractivity (Wildman–Crippen MR) is 78.6 cm³/mol. The van der Waals surface area contributed by atoms with Crippen LogP contribution in [0.4, 0.5) is 17.2 Å². The molecule has 0 fully saturated rings. The summed E-state index contributed by atoms with van der Waals surface area (Å²) < 4.78 is 35.1. The molecule has 1 aliphatic rings. The summed E-state index contributed by atoms with van der Waals surface area (Å²) in [6.45, 7) is 0.225. The fraction of sp³-hybridized carbons (Fsp3) is 0.154. The van der Waals surface area contributed by atoms with Crippen LogP contribution in [0.2, 0.25) is 0 Å². The van der Waals surface area contributed by atoms with E-state index in [0.717, 1.165) is 11.9 Å². The summed E-state index contributed by atoms with van der Waals surface area (Å²) in [5.74, 6) is 1.98. The van der Waals surface area contributed by atoms with Gasteiger partial charge in [-0.05, 0) is 24.3 Å². The minimum absolute atomic E-state index is 0.225. The standard InChI is InChI=1S/C13H13N3O4S/c1-21(17,18)16-10-3-5-13(14-7-10)15-9-2-4-11-12(6-9)20-8-19-11/h2-7,16H,8H2,1H3,(H,14,15). The van der Waals surface area contributed by atoms with Crippen molar-refractivity contribution in [3.05, 3.63) is 36.5 Å². The van der Waals surface area contributed by atoms with E-state index in [2.05, 4.69) is 15.0 Å². The number of hydrogen-bond acceptors (Lipinski definition) is 6. The van der Waals surface area contributed by atoms with Crippen molar-refractivity contribution in [3.8, 4) is 11.5 Å². The van der Waals surface area contributed by atoms with Crippen LogP contribution in [0.15, 0.2) is 36.5 Å². The zero-order valence-electron chi connectivity index (χ0n) is 11.2. The normalized spacial score (nSPS) is 13.0. The smallest absolute Gasteiger partial charge is 0.231 e. The van der Waals surface area contributed by atoms with Gasteiger partial charge in [0.25, 0.3) is 0 Å². The van der Waals surface area contributed by atoms with Gasteiger partial charge in [0.2, 0.25) is 16.8 Å². The molecule has 8 heteroatoms. The first-order valence-corrected chi connectivity index (χ1v) is 7.99. The van der Waals surface area contributed by atoms with Crippen molar-refractivity contribution in [2.24, 2.45) is 0 Å². The molecule has 2 heterocycles. The Morgan fingerprint density at radius 3 is 2.57 bits per heavy atom. The summed E-state index contributed by atoms with van der Waals surface area (Å²) in [5.41, 5.74) is 1.21. The quantitative estimate of drug-likeness (QED) is 0.897. The fourth-order valence-electron chi connectivity index (χ4n) is 1.86. The van der Waals surface area contributed by atoms with Crippen LogP contribution in [-0.2, 0) is 10.0 Å². The highest BCUT2D eigenvalue weighted by molar-refractivity contribution is 7.92. The van der Waals surface area contributed by atoms with Gasteiger partial charge in [-0.15, -0.1) is 0 Å². The fourth-order valence-corrected chi connectivity index (χ4v) is 2.41. The number of benzene rings is 1. The third kappa shape index (κ3) is 3.34. The largest absolute Gasteiger partial charge is 0.454 e. The van der Waals surface area contributed by atoms with E-state index in [0.29, 0.717) is 23.0 Å². The van der Waals surface area contributed by atoms with Crippen LogP contribution in [0.1, 0.15) is 0 Å². The van der Waals surface area contributed by atoms with Crippen LogP contribution in [-0.4, -0.2) is 26.5 Å². The Balaban J connectivity index is 1.73. The van der Waals surface area contributed by atoms with E-state index in [1.165, 1.54) is 6.20 Å². The maximum Gasteiger partial charge on any atom is 0.231 e. The Hall–Kier alpha value is -2.48. The first-order valence-electron chi connectivity index (χ1n) is 6.10. The van der Waals surface area contributed by atoms with Gasteiger partial charge >= 0.3 is 0 Å². The number of nitrogens with one attached hydrogen (secondary N) is 2. The van der Waals surface area contributed by atoms with Crippen LogP contribution in [0.3, 0.4) is 0 Å². The number of sulfonamides is 1. The van der Waals surface area contributed by atoms with Crippen LogP contribution in [0, 0.1) is 0 Å². The molecule has 110 valence electrons. The van der Waals surface area contributed by atoms with Gasteiger partial charge in [0.15, 0.2) is 11.5 Å². The number of ether oxygens (including phenoxy) is 2. The molecule has 0 unspecified atom stereocenters. The molecule has 0 saturated heterocycles. The van der Waals surface area contributed by atoms with Gasteiger partial charge < -0.3 is 14.8 Å². The lowest BCUT2D eigenvalue weighted by atomic mass is 10.2. The molecule has 0 spiro atoms. The van der Waals surface area contributed by atoms with E-state index in [4.69, 9.17) is 9.47 Å². The highest BCUT2D eigenvalue weighted by atomic mass is 32.2. The second-order valence-corrected chi connectivity index (χ2v) is 6.25. The Morgan fingerprint density at radius 2 is 1.86 bits per heavy atom. The van der Waals surface area contributed by atoms with E-state index < -0.39 is 10.0 Å². The zero-order valence-corrected chi connectivity index (χ0v) is 12.0. The van der Waals surface area contributed by atoms with Gasteiger partial charge in [-0.25, -0.2) is 13.4 Å². The number of nitrogens with zero attached hydrogens (tertiary/aromatic N) is 1. The molecule has 2 aromatic rings. The third-order valence-corrected chi connectivity index (χ3v) is 3.32. The Kier molecular flexibility index (Phi) is 3.30. The summed E-state index contributed by atoms with van der Waals surface area (Å²) >= 11 is 0. The van der Waals surface area contributed by atoms with E-state index >= 15 is 0 Å². The number of fused-ring (bicyclic) bond motifs is 1. The van der Waals surface area contributed by atoms with Crippen LogP contribution < -0.4 is 19.5 Å². The molecule has 0 radical (unpaired) electrons. The van der Waals surface area contributed by atoms with Crippen LogP contribution >= 0.6 is 0 Å². The van der Waals surface area contributed by atoms with Crippen molar-refractivity contribution in [2.75, 3.05) is 23.1 Å². The predicted octanol–water partition coefficient (Wildman–Crippen LogP) is 1.93. The van der Waals surface area contributed by atoms with Crippen molar-refractivity contribution in [2.45, 2.75) is 0 Å². The van der Waals surface area contributed by atoms with Crippen molar-refractivity contribution in [3.63, 3.8) is 0 Å². The number of hydrogen-bond donors (Lipinski definition) is 2. The topological polar surface area (TPSA) is 89.6 Å². The summed E-state index contributed by atoms with van der Waals surface area (Å²) in [4.78, 5) is 4.14. The first-order chi connectivity index (χ1) is 9.99. The molecule has 0 aliphatic carbocycles. The monoisotopic (exact) mass is 307 g/mol. The SMILES string of the molecule is CS(=O)(=O)Nc1ccc(Nc2ccc3c(c2)OCO3)nc1. The van der Waals surface area contributed by atoms with Crippen molar-refractivity contribution in [1.82, 2.24) is 4.98 Å². The summed E-state index contributed by atoms with van der Waals surface area (Å²) in [7, 11) is -3.30. The van der Waals surface area contributed by atoms with Crippen LogP contribution in [0.25, 0.3) is 0 Å². The molecule has 1 aromatic carbocycles. The van der Waals surface area contributed by atoms with Crippen LogP contribution in [0.5, 0.6) is 11.5 Å². The molecule has 0 bridgehead atoms. The Labute approximate surface area is 122 Å². The van der Waals surface area contributed by atoms with Gasteiger partial charge in [0.05, 0.1) is 18.1 Å². The van der Waals surface area contributed by atoms with Crippen molar-refractivity contribution < 1.29 is 17.9 Å². The molecule has 3 rings (SSSR count). The molecule has 1 aromatic heterocycles. The maximum absolute atomic E-state index is 11.1. The average Bonchev–Trinajstić information content (AvgIpc) is 2.87. The first kappa shape index (κ1) is 13.5. The lowest BCUT2D eigenvalue weighted by Gasteiger charge is -2.08.